The maximum Gasteiger partial charge on any atom is 0.122 e. The van der Waals surface area contributed by atoms with Crippen molar-refractivity contribution in [1.82, 2.24) is 0 Å². The topological polar surface area (TPSA) is 29.5 Å². The van der Waals surface area contributed by atoms with Crippen LogP contribution in [-0.2, 0) is 0 Å². The van der Waals surface area contributed by atoms with Gasteiger partial charge in [-0.15, -0.1) is 11.3 Å². The minimum atomic E-state index is -0.421. The fourth-order valence-electron chi connectivity index (χ4n) is 2.57. The summed E-state index contributed by atoms with van der Waals surface area (Å²) in [5.74, 6) is 1.06. The van der Waals surface area contributed by atoms with Gasteiger partial charge in [0, 0.05) is 16.4 Å². The van der Waals surface area contributed by atoms with Crippen LogP contribution in [0.25, 0.3) is 0 Å². The Hall–Kier alpha value is -1.32. The Labute approximate surface area is 111 Å². The van der Waals surface area contributed by atoms with Gasteiger partial charge in [-0.05, 0) is 36.4 Å². The standard InChI is InChI=1S/C15H16O2S/c1-10-7-9-18-15(10)14(16)12-6-8-17-13-5-3-2-4-11(12)13/h2-5,7,9,12,14,16H,6,8H2,1H3. The lowest BCUT2D eigenvalue weighted by Gasteiger charge is -2.29. The summed E-state index contributed by atoms with van der Waals surface area (Å²) in [6, 6.07) is 10.1. The highest BCUT2D eigenvalue weighted by atomic mass is 32.1. The number of hydrogen-bond acceptors (Lipinski definition) is 3. The van der Waals surface area contributed by atoms with Gasteiger partial charge in [-0.1, -0.05) is 18.2 Å². The molecule has 18 heavy (non-hydrogen) atoms. The Kier molecular flexibility index (Phi) is 3.10. The van der Waals surface area contributed by atoms with E-state index in [1.54, 1.807) is 11.3 Å². The molecular formula is C15H16O2S. The third-order valence-corrected chi connectivity index (χ3v) is 4.65. The third-order valence-electron chi connectivity index (χ3n) is 3.56. The molecule has 0 fully saturated rings. The minimum absolute atomic E-state index is 0.146. The van der Waals surface area contributed by atoms with Gasteiger partial charge in [-0.3, -0.25) is 0 Å². The molecular weight excluding hydrogens is 244 g/mol. The lowest BCUT2D eigenvalue weighted by Crippen LogP contribution is -2.19. The predicted molar refractivity (Wildman–Crippen MR) is 73.3 cm³/mol. The number of hydrogen-bond donors (Lipinski definition) is 1. The highest BCUT2D eigenvalue weighted by Crippen LogP contribution is 2.43. The molecule has 2 nitrogen and oxygen atoms in total. The van der Waals surface area contributed by atoms with Gasteiger partial charge >= 0.3 is 0 Å². The largest absolute Gasteiger partial charge is 0.493 e. The zero-order chi connectivity index (χ0) is 12.5. The monoisotopic (exact) mass is 260 g/mol. The van der Waals surface area contributed by atoms with E-state index < -0.39 is 6.10 Å². The van der Waals surface area contributed by atoms with Crippen LogP contribution >= 0.6 is 11.3 Å². The quantitative estimate of drug-likeness (QED) is 0.893. The van der Waals surface area contributed by atoms with Crippen molar-refractivity contribution in [2.24, 2.45) is 0 Å². The van der Waals surface area contributed by atoms with Crippen molar-refractivity contribution < 1.29 is 9.84 Å². The van der Waals surface area contributed by atoms with Gasteiger partial charge in [0.25, 0.3) is 0 Å². The zero-order valence-corrected chi connectivity index (χ0v) is 11.1. The molecule has 1 aliphatic rings. The van der Waals surface area contributed by atoms with Gasteiger partial charge in [0.15, 0.2) is 0 Å². The molecule has 1 aromatic heterocycles. The highest BCUT2D eigenvalue weighted by molar-refractivity contribution is 7.10. The van der Waals surface area contributed by atoms with Crippen LogP contribution in [0.5, 0.6) is 5.75 Å². The van der Waals surface area contributed by atoms with Gasteiger partial charge < -0.3 is 9.84 Å². The average molecular weight is 260 g/mol. The van der Waals surface area contributed by atoms with Gasteiger partial charge in [-0.2, -0.15) is 0 Å². The van der Waals surface area contributed by atoms with E-state index in [0.717, 1.165) is 22.6 Å². The Morgan fingerprint density at radius 3 is 2.94 bits per heavy atom. The Morgan fingerprint density at radius 2 is 2.17 bits per heavy atom. The first-order valence-corrected chi connectivity index (χ1v) is 7.09. The third kappa shape index (κ3) is 1.93. The lowest BCUT2D eigenvalue weighted by molar-refractivity contribution is 0.120. The molecule has 1 aromatic carbocycles. The van der Waals surface area contributed by atoms with Crippen LogP contribution in [0.4, 0.5) is 0 Å². The first-order chi connectivity index (χ1) is 8.77. The Morgan fingerprint density at radius 1 is 1.33 bits per heavy atom. The first-order valence-electron chi connectivity index (χ1n) is 6.21. The molecule has 0 saturated carbocycles. The molecule has 0 aliphatic carbocycles. The summed E-state index contributed by atoms with van der Waals surface area (Å²) in [4.78, 5) is 1.08. The van der Waals surface area contributed by atoms with E-state index in [2.05, 4.69) is 19.1 Å². The smallest absolute Gasteiger partial charge is 0.122 e. The van der Waals surface area contributed by atoms with E-state index in [9.17, 15) is 5.11 Å². The van der Waals surface area contributed by atoms with Gasteiger partial charge in [0.1, 0.15) is 5.75 Å². The van der Waals surface area contributed by atoms with E-state index in [0.29, 0.717) is 6.61 Å². The van der Waals surface area contributed by atoms with Crippen molar-refractivity contribution in [1.29, 1.82) is 0 Å². The number of aliphatic hydroxyl groups is 1. The molecule has 2 unspecified atom stereocenters. The second kappa shape index (κ2) is 4.75. The number of ether oxygens (including phenoxy) is 1. The van der Waals surface area contributed by atoms with Crippen molar-refractivity contribution in [2.45, 2.75) is 25.4 Å². The first kappa shape index (κ1) is 11.8. The number of fused-ring (bicyclic) bond motifs is 1. The number of thiophene rings is 1. The number of aliphatic hydroxyl groups excluding tert-OH is 1. The molecule has 2 atom stereocenters. The molecule has 0 amide bonds. The summed E-state index contributed by atoms with van der Waals surface area (Å²) < 4.78 is 5.64. The van der Waals surface area contributed by atoms with E-state index in [-0.39, 0.29) is 5.92 Å². The summed E-state index contributed by atoms with van der Waals surface area (Å²) in [6.45, 7) is 2.74. The summed E-state index contributed by atoms with van der Waals surface area (Å²) in [7, 11) is 0. The predicted octanol–water partition coefficient (Wildman–Crippen LogP) is 3.66. The summed E-state index contributed by atoms with van der Waals surface area (Å²) in [6.07, 6.45) is 0.449. The summed E-state index contributed by atoms with van der Waals surface area (Å²) in [5.41, 5.74) is 2.31. The molecule has 3 heteroatoms. The molecule has 0 radical (unpaired) electrons. The molecule has 3 rings (SSSR count). The van der Waals surface area contributed by atoms with Crippen LogP contribution in [0.2, 0.25) is 0 Å². The number of para-hydroxylation sites is 1. The van der Waals surface area contributed by atoms with Crippen LogP contribution < -0.4 is 4.74 Å². The molecule has 0 spiro atoms. The number of aryl methyl sites for hydroxylation is 1. The maximum atomic E-state index is 10.6. The Balaban J connectivity index is 1.97. The maximum absolute atomic E-state index is 10.6. The second-order valence-corrected chi connectivity index (χ2v) is 5.64. The molecule has 1 aliphatic heterocycles. The van der Waals surface area contributed by atoms with E-state index >= 15 is 0 Å². The van der Waals surface area contributed by atoms with Crippen LogP contribution in [0.15, 0.2) is 35.7 Å². The van der Waals surface area contributed by atoms with Gasteiger partial charge in [0.2, 0.25) is 0 Å². The van der Waals surface area contributed by atoms with Crippen molar-refractivity contribution in [2.75, 3.05) is 6.61 Å². The van der Waals surface area contributed by atoms with E-state index in [1.807, 2.05) is 23.6 Å². The molecule has 0 bridgehead atoms. The van der Waals surface area contributed by atoms with Crippen LogP contribution in [0.3, 0.4) is 0 Å². The minimum Gasteiger partial charge on any atom is -0.493 e. The fourth-order valence-corrected chi connectivity index (χ4v) is 3.54. The van der Waals surface area contributed by atoms with Crippen molar-refractivity contribution in [3.63, 3.8) is 0 Å². The van der Waals surface area contributed by atoms with E-state index in [1.165, 1.54) is 5.56 Å². The lowest BCUT2D eigenvalue weighted by atomic mass is 9.87. The molecule has 0 saturated heterocycles. The normalized spacial score (nSPS) is 20.0. The van der Waals surface area contributed by atoms with Crippen molar-refractivity contribution in [3.05, 3.63) is 51.7 Å². The van der Waals surface area contributed by atoms with Gasteiger partial charge in [0.05, 0.1) is 12.7 Å². The fraction of sp³-hybridized carbons (Fsp3) is 0.333. The van der Waals surface area contributed by atoms with Crippen LogP contribution in [-0.4, -0.2) is 11.7 Å². The van der Waals surface area contributed by atoms with Gasteiger partial charge in [-0.25, -0.2) is 0 Å². The molecule has 1 N–H and O–H groups in total. The van der Waals surface area contributed by atoms with E-state index in [4.69, 9.17) is 4.74 Å². The zero-order valence-electron chi connectivity index (χ0n) is 10.3. The number of benzene rings is 1. The molecule has 94 valence electrons. The summed E-state index contributed by atoms with van der Waals surface area (Å²) >= 11 is 1.64. The SMILES string of the molecule is Cc1ccsc1C(O)C1CCOc2ccccc21. The highest BCUT2D eigenvalue weighted by Gasteiger charge is 2.29. The molecule has 2 heterocycles. The molecule has 2 aromatic rings. The van der Waals surface area contributed by atoms with Crippen LogP contribution in [0.1, 0.15) is 34.4 Å². The number of rotatable bonds is 2. The van der Waals surface area contributed by atoms with Crippen LogP contribution in [0, 0.1) is 6.92 Å². The Bertz CT molecular complexity index is 547. The summed E-state index contributed by atoms with van der Waals surface area (Å²) in [5, 5.41) is 12.7. The second-order valence-electron chi connectivity index (χ2n) is 4.69. The van der Waals surface area contributed by atoms with Crippen molar-refractivity contribution >= 4 is 11.3 Å². The van der Waals surface area contributed by atoms with Crippen molar-refractivity contribution in [3.8, 4) is 5.75 Å². The average Bonchev–Trinajstić information content (AvgIpc) is 2.83.